The zero-order valence-corrected chi connectivity index (χ0v) is 16.0. The van der Waals surface area contributed by atoms with E-state index in [1.54, 1.807) is 16.2 Å². The molecule has 26 heavy (non-hydrogen) atoms. The largest absolute Gasteiger partial charge is 0.342 e. The summed E-state index contributed by atoms with van der Waals surface area (Å²) < 4.78 is 1.29. The maximum Gasteiger partial charge on any atom is 0.245 e. The van der Waals surface area contributed by atoms with E-state index in [0.29, 0.717) is 25.3 Å². The fourth-order valence-corrected chi connectivity index (χ4v) is 5.02. The summed E-state index contributed by atoms with van der Waals surface area (Å²) in [6.07, 6.45) is 1.39. The first-order valence-corrected chi connectivity index (χ1v) is 10.1. The highest BCUT2D eigenvalue weighted by atomic mass is 32.1. The summed E-state index contributed by atoms with van der Waals surface area (Å²) in [5.74, 6) is 0.459. The molecule has 3 atom stereocenters. The van der Waals surface area contributed by atoms with E-state index in [1.165, 1.54) is 15.0 Å². The van der Waals surface area contributed by atoms with Crippen LogP contribution < -0.4 is 10.6 Å². The number of hydrogen-bond acceptors (Lipinski definition) is 4. The zero-order valence-electron chi connectivity index (χ0n) is 15.2. The molecule has 2 fully saturated rings. The van der Waals surface area contributed by atoms with Gasteiger partial charge in [0.25, 0.3) is 0 Å². The Labute approximate surface area is 157 Å². The highest BCUT2D eigenvalue weighted by molar-refractivity contribution is 7.19. The lowest BCUT2D eigenvalue weighted by atomic mass is 9.99. The molecule has 4 rings (SSSR count). The summed E-state index contributed by atoms with van der Waals surface area (Å²) in [5.41, 5.74) is 0. The van der Waals surface area contributed by atoms with Crippen LogP contribution in [0.5, 0.6) is 0 Å². The minimum atomic E-state index is -0.361. The third-order valence-electron chi connectivity index (χ3n) is 5.25. The van der Waals surface area contributed by atoms with Crippen LogP contribution in [0.4, 0.5) is 0 Å². The van der Waals surface area contributed by atoms with E-state index in [9.17, 15) is 9.59 Å². The normalized spacial score (nSPS) is 25.8. The predicted octanol–water partition coefficient (Wildman–Crippen LogP) is 2.50. The van der Waals surface area contributed by atoms with Crippen molar-refractivity contribution < 1.29 is 9.59 Å². The lowest BCUT2D eigenvalue weighted by Crippen LogP contribution is -2.61. The fraction of sp³-hybridized carbons (Fsp3) is 0.500. The summed E-state index contributed by atoms with van der Waals surface area (Å²) in [6, 6.07) is 10.1. The molecule has 5 nitrogen and oxygen atoms in total. The number of fused-ring (bicyclic) bond motifs is 2. The highest BCUT2D eigenvalue weighted by Crippen LogP contribution is 2.27. The van der Waals surface area contributed by atoms with Gasteiger partial charge in [-0.2, -0.15) is 0 Å². The van der Waals surface area contributed by atoms with Gasteiger partial charge in [0.15, 0.2) is 0 Å². The predicted molar refractivity (Wildman–Crippen MR) is 104 cm³/mol. The van der Waals surface area contributed by atoms with E-state index in [-0.39, 0.29) is 29.9 Å². The molecule has 2 saturated heterocycles. The highest BCUT2D eigenvalue weighted by Gasteiger charge is 2.46. The van der Waals surface area contributed by atoms with Crippen molar-refractivity contribution in [1.29, 1.82) is 0 Å². The van der Waals surface area contributed by atoms with Crippen molar-refractivity contribution in [1.82, 2.24) is 15.5 Å². The SMILES string of the molecule is CC(C)C[C@@H]1NC(=O)[C@@H]2C[C@H](NCc3cc4ccccc4s3)CN2C1=O. The van der Waals surface area contributed by atoms with Gasteiger partial charge in [-0.15, -0.1) is 11.3 Å². The van der Waals surface area contributed by atoms with E-state index in [4.69, 9.17) is 0 Å². The van der Waals surface area contributed by atoms with Crippen LogP contribution in [0.1, 0.15) is 31.6 Å². The minimum absolute atomic E-state index is 0.00131. The van der Waals surface area contributed by atoms with Crippen molar-refractivity contribution in [3.05, 3.63) is 35.2 Å². The molecule has 2 amide bonds. The average molecular weight is 372 g/mol. The topological polar surface area (TPSA) is 61.4 Å². The number of thiophene rings is 1. The molecule has 0 radical (unpaired) electrons. The number of carbonyl (C=O) groups excluding carboxylic acids is 2. The number of amides is 2. The second-order valence-corrected chi connectivity index (χ2v) is 8.93. The van der Waals surface area contributed by atoms with Gasteiger partial charge in [0, 0.05) is 28.7 Å². The third kappa shape index (κ3) is 3.35. The molecule has 2 aliphatic rings. The van der Waals surface area contributed by atoms with Crippen molar-refractivity contribution >= 4 is 33.2 Å². The van der Waals surface area contributed by atoms with E-state index < -0.39 is 0 Å². The maximum atomic E-state index is 12.7. The van der Waals surface area contributed by atoms with Crippen LogP contribution in [-0.4, -0.2) is 41.4 Å². The number of nitrogens with one attached hydrogen (secondary N) is 2. The number of benzene rings is 1. The number of rotatable bonds is 5. The lowest BCUT2D eigenvalue weighted by molar-refractivity contribution is -0.147. The van der Waals surface area contributed by atoms with Crippen LogP contribution >= 0.6 is 11.3 Å². The van der Waals surface area contributed by atoms with Gasteiger partial charge in [0.05, 0.1) is 0 Å². The molecule has 0 aliphatic carbocycles. The molecule has 2 N–H and O–H groups in total. The standard InChI is InChI=1S/C20H25N3O2S/c1-12(2)7-16-20(25)23-11-14(9-17(23)19(24)22-16)21-10-15-8-13-5-3-4-6-18(13)26-15/h3-6,8,12,14,16-17,21H,7,9-11H2,1-2H3,(H,22,24)/t14-,16-,17-/m0/s1. The number of carbonyl (C=O) groups is 2. The number of hydrogen-bond donors (Lipinski definition) is 2. The summed E-state index contributed by atoms with van der Waals surface area (Å²) >= 11 is 1.79. The number of nitrogens with zero attached hydrogens (tertiary/aromatic N) is 1. The molecule has 0 bridgehead atoms. The Morgan fingerprint density at radius 2 is 2.12 bits per heavy atom. The molecule has 1 aromatic heterocycles. The molecule has 2 aromatic rings. The molecule has 0 spiro atoms. The van der Waals surface area contributed by atoms with Gasteiger partial charge < -0.3 is 15.5 Å². The molecular weight excluding hydrogens is 346 g/mol. The Hall–Kier alpha value is -1.92. The molecule has 3 heterocycles. The molecule has 138 valence electrons. The van der Waals surface area contributed by atoms with Crippen LogP contribution in [0, 0.1) is 5.92 Å². The van der Waals surface area contributed by atoms with Crippen LogP contribution in [0.15, 0.2) is 30.3 Å². The monoisotopic (exact) mass is 371 g/mol. The molecule has 6 heteroatoms. The van der Waals surface area contributed by atoms with E-state index in [1.807, 2.05) is 0 Å². The summed E-state index contributed by atoms with van der Waals surface area (Å²) in [4.78, 5) is 28.2. The first kappa shape index (κ1) is 17.5. The fourth-order valence-electron chi connectivity index (χ4n) is 4.01. The minimum Gasteiger partial charge on any atom is -0.342 e. The Morgan fingerprint density at radius 3 is 2.88 bits per heavy atom. The van der Waals surface area contributed by atoms with Crippen LogP contribution in [0.25, 0.3) is 10.1 Å². The van der Waals surface area contributed by atoms with Crippen LogP contribution in [0.3, 0.4) is 0 Å². The second-order valence-electron chi connectivity index (χ2n) is 7.76. The second kappa shape index (κ2) is 7.00. The summed E-state index contributed by atoms with van der Waals surface area (Å²) in [5, 5.41) is 7.74. The summed E-state index contributed by atoms with van der Waals surface area (Å²) in [6.45, 7) is 5.54. The van der Waals surface area contributed by atoms with Crippen molar-refractivity contribution in [3.63, 3.8) is 0 Å². The quantitative estimate of drug-likeness (QED) is 0.849. The van der Waals surface area contributed by atoms with Gasteiger partial charge in [-0.3, -0.25) is 9.59 Å². The van der Waals surface area contributed by atoms with Crippen molar-refractivity contribution in [2.24, 2.45) is 5.92 Å². The first-order valence-electron chi connectivity index (χ1n) is 9.33. The first-order chi connectivity index (χ1) is 12.5. The van der Waals surface area contributed by atoms with Gasteiger partial charge in [-0.25, -0.2) is 0 Å². The van der Waals surface area contributed by atoms with Gasteiger partial charge in [0.1, 0.15) is 12.1 Å². The molecule has 1 aromatic carbocycles. The average Bonchev–Trinajstić information content (AvgIpc) is 3.21. The van der Waals surface area contributed by atoms with E-state index >= 15 is 0 Å². The third-order valence-corrected chi connectivity index (χ3v) is 6.37. The number of piperazine rings is 1. The Bertz CT molecular complexity index is 798. The molecule has 0 saturated carbocycles. The van der Waals surface area contributed by atoms with Gasteiger partial charge in [-0.1, -0.05) is 32.0 Å². The zero-order chi connectivity index (χ0) is 18.3. The Balaban J connectivity index is 1.39. The van der Waals surface area contributed by atoms with Crippen molar-refractivity contribution in [2.45, 2.75) is 51.4 Å². The molecule has 2 aliphatic heterocycles. The van der Waals surface area contributed by atoms with Gasteiger partial charge in [-0.05, 0) is 36.3 Å². The molecule has 0 unspecified atom stereocenters. The Morgan fingerprint density at radius 1 is 1.31 bits per heavy atom. The van der Waals surface area contributed by atoms with Gasteiger partial charge in [0.2, 0.25) is 11.8 Å². The van der Waals surface area contributed by atoms with Crippen molar-refractivity contribution in [2.75, 3.05) is 6.54 Å². The Kier molecular flexibility index (Phi) is 4.71. The maximum absolute atomic E-state index is 12.7. The smallest absolute Gasteiger partial charge is 0.245 e. The summed E-state index contributed by atoms with van der Waals surface area (Å²) in [7, 11) is 0. The molecular formula is C20H25N3O2S. The van der Waals surface area contributed by atoms with Gasteiger partial charge >= 0.3 is 0 Å². The van der Waals surface area contributed by atoms with Crippen LogP contribution in [-0.2, 0) is 16.1 Å². The lowest BCUT2D eigenvalue weighted by Gasteiger charge is -2.35. The van der Waals surface area contributed by atoms with E-state index in [2.05, 4.69) is 54.8 Å². The van der Waals surface area contributed by atoms with E-state index in [0.717, 1.165) is 6.54 Å². The van der Waals surface area contributed by atoms with Crippen LogP contribution in [0.2, 0.25) is 0 Å². The van der Waals surface area contributed by atoms with Crippen molar-refractivity contribution in [3.8, 4) is 0 Å².